The van der Waals surface area contributed by atoms with Gasteiger partial charge in [0.1, 0.15) is 42.7 Å². The summed E-state index contributed by atoms with van der Waals surface area (Å²) in [4.78, 5) is 45.1. The van der Waals surface area contributed by atoms with Gasteiger partial charge in [0.05, 0.1) is 13.2 Å². The van der Waals surface area contributed by atoms with Crippen LogP contribution in [0.2, 0.25) is 0 Å². The van der Waals surface area contributed by atoms with Gasteiger partial charge in [0.15, 0.2) is 12.5 Å². The number of nitrogens with one attached hydrogen (secondary N) is 1. The normalized spacial score (nSPS) is 37.7. The molecule has 0 saturated carbocycles. The molecule has 0 spiro atoms. The minimum absolute atomic E-state index is 0.0657. The monoisotopic (exact) mass is 580 g/mol. The Bertz CT molecular complexity index is 1170. The summed E-state index contributed by atoms with van der Waals surface area (Å²) >= 11 is 0. The predicted molar refractivity (Wildman–Crippen MR) is 114 cm³/mol. The fraction of sp³-hybridized carbons (Fsp3) is 0.750. The number of aromatic amines is 1. The zero-order valence-electron chi connectivity index (χ0n) is 18.8. The molecule has 9 N–H and O–H groups in total. The van der Waals surface area contributed by atoms with Gasteiger partial charge in [-0.1, -0.05) is 0 Å². The molecule has 2 aliphatic rings. The summed E-state index contributed by atoms with van der Waals surface area (Å²) in [5, 5.41) is 58.8. The lowest BCUT2D eigenvalue weighted by atomic mass is 10.00. The smallest absolute Gasteiger partial charge is 0.394 e. The van der Waals surface area contributed by atoms with E-state index in [2.05, 4.69) is 13.4 Å². The van der Waals surface area contributed by atoms with Crippen molar-refractivity contribution in [1.82, 2.24) is 9.55 Å². The van der Waals surface area contributed by atoms with Gasteiger partial charge in [0.25, 0.3) is 5.56 Å². The van der Waals surface area contributed by atoms with Gasteiger partial charge in [-0.05, 0) is 6.92 Å². The molecule has 11 atom stereocenters. The van der Waals surface area contributed by atoms with Crippen LogP contribution in [0.15, 0.2) is 15.8 Å². The molecule has 2 fully saturated rings. The van der Waals surface area contributed by atoms with Crippen LogP contribution in [0, 0.1) is 6.92 Å². The molecular formula is C16H26N2O17P2. The first-order valence-corrected chi connectivity index (χ1v) is 13.4. The van der Waals surface area contributed by atoms with Gasteiger partial charge in [0, 0.05) is 11.8 Å². The number of phosphoric acid groups is 2. The van der Waals surface area contributed by atoms with Gasteiger partial charge in [-0.25, -0.2) is 13.9 Å². The highest BCUT2D eigenvalue weighted by molar-refractivity contribution is 7.61. The molecule has 3 heterocycles. The predicted octanol–water partition coefficient (Wildman–Crippen LogP) is -4.49. The van der Waals surface area contributed by atoms with E-state index in [4.69, 9.17) is 14.6 Å². The van der Waals surface area contributed by atoms with Crippen LogP contribution in [-0.2, 0) is 32.0 Å². The fourth-order valence-corrected chi connectivity index (χ4v) is 5.66. The Morgan fingerprint density at radius 1 is 0.946 bits per heavy atom. The second-order valence-corrected chi connectivity index (χ2v) is 11.1. The van der Waals surface area contributed by atoms with Crippen LogP contribution in [0.3, 0.4) is 0 Å². The van der Waals surface area contributed by atoms with Crippen LogP contribution < -0.4 is 11.2 Å². The zero-order chi connectivity index (χ0) is 27.9. The van der Waals surface area contributed by atoms with Gasteiger partial charge >= 0.3 is 21.3 Å². The molecule has 0 aromatic carbocycles. The molecule has 0 aliphatic carbocycles. The third kappa shape index (κ3) is 6.80. The van der Waals surface area contributed by atoms with Crippen molar-refractivity contribution in [2.24, 2.45) is 0 Å². The molecule has 0 amide bonds. The van der Waals surface area contributed by atoms with E-state index in [-0.39, 0.29) is 5.56 Å². The van der Waals surface area contributed by atoms with Gasteiger partial charge in [-0.15, -0.1) is 0 Å². The van der Waals surface area contributed by atoms with Crippen LogP contribution >= 0.6 is 15.6 Å². The Hall–Kier alpha value is -1.38. The van der Waals surface area contributed by atoms with E-state index in [1.54, 1.807) is 0 Å². The summed E-state index contributed by atoms with van der Waals surface area (Å²) in [5.74, 6) is 0. The first kappa shape index (κ1) is 30.2. The average Bonchev–Trinajstić information content (AvgIpc) is 3.08. The molecule has 212 valence electrons. The van der Waals surface area contributed by atoms with Crippen LogP contribution in [-0.4, -0.2) is 112 Å². The molecule has 1 aromatic rings. The molecule has 2 aliphatic heterocycles. The summed E-state index contributed by atoms with van der Waals surface area (Å²) in [5.41, 5.74) is -1.63. The van der Waals surface area contributed by atoms with Gasteiger partial charge in [-0.2, -0.15) is 4.31 Å². The number of hydrogen-bond donors (Lipinski definition) is 9. The lowest BCUT2D eigenvalue weighted by Gasteiger charge is -2.39. The largest absolute Gasteiger partial charge is 0.483 e. The van der Waals surface area contributed by atoms with Crippen molar-refractivity contribution >= 4 is 15.6 Å². The van der Waals surface area contributed by atoms with Crippen LogP contribution in [0.1, 0.15) is 11.8 Å². The molecular weight excluding hydrogens is 554 g/mol. The minimum atomic E-state index is -5.60. The van der Waals surface area contributed by atoms with Crippen molar-refractivity contribution in [3.8, 4) is 0 Å². The second kappa shape index (κ2) is 11.4. The highest BCUT2D eigenvalue weighted by atomic mass is 31.3. The lowest BCUT2D eigenvalue weighted by molar-refractivity contribution is -0.280. The standard InChI is InChI=1S/C16H26N2O17P2/c1-5-2-18(16(26)17-13(5)25)14-11(23)9(21)7(32-14)4-31-36(27,28)35-37(29,30)34-15-12(24)10(22)8(20)6(3-19)33-15/h2,6-12,14-15,19-24H,3-4H2,1H3,(H,27,28)(H,29,30)(H,17,25,26). The maximum atomic E-state index is 12.2. The van der Waals surface area contributed by atoms with E-state index in [1.165, 1.54) is 6.92 Å². The number of aromatic nitrogens is 2. The number of aryl methyl sites for hydroxylation is 1. The Balaban J connectivity index is 1.63. The quantitative estimate of drug-likeness (QED) is 0.124. The lowest BCUT2D eigenvalue weighted by Crippen LogP contribution is -2.58. The van der Waals surface area contributed by atoms with Gasteiger partial charge in [-0.3, -0.25) is 23.4 Å². The van der Waals surface area contributed by atoms with Gasteiger partial charge in [0.2, 0.25) is 0 Å². The van der Waals surface area contributed by atoms with Crippen molar-refractivity contribution in [2.75, 3.05) is 13.2 Å². The fourth-order valence-electron chi connectivity index (χ4n) is 3.50. The van der Waals surface area contributed by atoms with Crippen LogP contribution in [0.25, 0.3) is 0 Å². The number of aliphatic hydroxyl groups excluding tert-OH is 6. The van der Waals surface area contributed by atoms with Crippen molar-refractivity contribution in [2.45, 2.75) is 62.2 Å². The van der Waals surface area contributed by atoms with Crippen molar-refractivity contribution < 1.29 is 72.4 Å². The van der Waals surface area contributed by atoms with E-state index in [1.807, 2.05) is 4.98 Å². The maximum Gasteiger partial charge on any atom is 0.483 e. The average molecular weight is 580 g/mol. The summed E-state index contributed by atoms with van der Waals surface area (Å²) in [6.45, 7) is -0.574. The molecule has 1 aromatic heterocycles. The van der Waals surface area contributed by atoms with Crippen molar-refractivity contribution in [3.05, 3.63) is 32.6 Å². The molecule has 11 unspecified atom stereocenters. The molecule has 37 heavy (non-hydrogen) atoms. The SMILES string of the molecule is Cc1cn(C2OC(COP(=O)(O)OP(=O)(O)OC3OC(CO)C(O)C(O)C3O)C(O)C2O)c(=O)[nH]c1=O. The third-order valence-electron chi connectivity index (χ3n) is 5.45. The van der Waals surface area contributed by atoms with Crippen LogP contribution in [0.4, 0.5) is 0 Å². The Morgan fingerprint density at radius 2 is 1.57 bits per heavy atom. The maximum absolute atomic E-state index is 12.2. The van der Waals surface area contributed by atoms with E-state index < -0.39 is 95.4 Å². The molecule has 21 heteroatoms. The summed E-state index contributed by atoms with van der Waals surface area (Å²) in [6.07, 6.45) is -15.3. The third-order valence-corrected chi connectivity index (χ3v) is 8.05. The van der Waals surface area contributed by atoms with E-state index >= 15 is 0 Å². The second-order valence-electron chi connectivity index (χ2n) is 8.14. The molecule has 19 nitrogen and oxygen atoms in total. The van der Waals surface area contributed by atoms with E-state index in [9.17, 15) is 54.0 Å². The molecule has 0 radical (unpaired) electrons. The molecule has 0 bridgehead atoms. The molecule has 3 rings (SSSR count). The van der Waals surface area contributed by atoms with E-state index in [0.29, 0.717) is 0 Å². The topological polar surface area (TPSA) is 297 Å². The summed E-state index contributed by atoms with van der Waals surface area (Å²) in [7, 11) is -11.1. The number of H-pyrrole nitrogens is 1. The van der Waals surface area contributed by atoms with Gasteiger partial charge < -0.3 is 49.9 Å². The Kier molecular flexibility index (Phi) is 9.28. The Morgan fingerprint density at radius 3 is 2.19 bits per heavy atom. The minimum Gasteiger partial charge on any atom is -0.394 e. The number of ether oxygens (including phenoxy) is 2. The van der Waals surface area contributed by atoms with E-state index in [0.717, 1.165) is 10.8 Å². The first-order chi connectivity index (χ1) is 17.1. The number of hydrogen-bond acceptors (Lipinski definition) is 15. The zero-order valence-corrected chi connectivity index (χ0v) is 20.6. The number of nitrogens with zero attached hydrogens (tertiary/aromatic N) is 1. The first-order valence-electron chi connectivity index (χ1n) is 10.4. The Labute approximate surface area is 206 Å². The summed E-state index contributed by atoms with van der Waals surface area (Å²) < 4.78 is 48.3. The highest BCUT2D eigenvalue weighted by Crippen LogP contribution is 2.61. The number of aliphatic hydroxyl groups is 6. The number of rotatable bonds is 9. The number of phosphoric ester groups is 2. The van der Waals surface area contributed by atoms with Crippen molar-refractivity contribution in [3.63, 3.8) is 0 Å². The summed E-state index contributed by atoms with van der Waals surface area (Å²) in [6, 6.07) is 0. The molecule has 2 saturated heterocycles. The van der Waals surface area contributed by atoms with Crippen molar-refractivity contribution in [1.29, 1.82) is 0 Å². The highest BCUT2D eigenvalue weighted by Gasteiger charge is 2.49. The van der Waals surface area contributed by atoms with Crippen LogP contribution in [0.5, 0.6) is 0 Å².